The molecule has 1 fully saturated rings. The van der Waals surface area contributed by atoms with Crippen molar-refractivity contribution in [3.8, 4) is 0 Å². The zero-order chi connectivity index (χ0) is 16.4. The van der Waals surface area contributed by atoms with Gasteiger partial charge in [0.15, 0.2) is 0 Å². The van der Waals surface area contributed by atoms with Gasteiger partial charge in [-0.3, -0.25) is 9.69 Å². The molecule has 1 aliphatic rings. The maximum atomic E-state index is 12.5. The predicted octanol–water partition coefficient (Wildman–Crippen LogP) is 1.39. The minimum absolute atomic E-state index is 0.116. The lowest BCUT2D eigenvalue weighted by Gasteiger charge is -2.28. The highest BCUT2D eigenvalue weighted by Crippen LogP contribution is 2.35. The Labute approximate surface area is 139 Å². The second-order valence-corrected chi connectivity index (χ2v) is 7.30. The molecule has 1 amide bonds. The van der Waals surface area contributed by atoms with Gasteiger partial charge in [0.25, 0.3) is 5.91 Å². The zero-order valence-corrected chi connectivity index (χ0v) is 14.2. The van der Waals surface area contributed by atoms with E-state index >= 15 is 0 Å². The van der Waals surface area contributed by atoms with Crippen molar-refractivity contribution < 1.29 is 14.7 Å². The molecule has 0 bridgehead atoms. The third-order valence-corrected chi connectivity index (χ3v) is 4.58. The molecule has 0 unspecified atom stereocenters. The first-order valence-electron chi connectivity index (χ1n) is 6.89. The normalized spacial score (nSPS) is 18.5. The van der Waals surface area contributed by atoms with Gasteiger partial charge >= 0.3 is 0 Å². The Balaban J connectivity index is 2.27. The number of nitrogens with zero attached hydrogens (tertiary/aromatic N) is 2. The van der Waals surface area contributed by atoms with E-state index in [1.807, 2.05) is 43.9 Å². The molecular formula is C15H17N2O3S2-. The Kier molecular flexibility index (Phi) is 5.08. The number of carboxylic acids is 1. The highest BCUT2D eigenvalue weighted by Gasteiger charge is 2.37. The Morgan fingerprint density at radius 3 is 2.68 bits per heavy atom. The van der Waals surface area contributed by atoms with E-state index < -0.39 is 12.0 Å². The minimum atomic E-state index is -1.27. The molecule has 1 saturated heterocycles. The number of aliphatic carboxylic acids is 1. The van der Waals surface area contributed by atoms with Gasteiger partial charge in [0, 0.05) is 19.4 Å². The van der Waals surface area contributed by atoms with Gasteiger partial charge in [-0.1, -0.05) is 37.8 Å². The molecule has 1 aromatic heterocycles. The molecule has 0 saturated carbocycles. The fourth-order valence-electron chi connectivity index (χ4n) is 2.26. The van der Waals surface area contributed by atoms with Crippen molar-refractivity contribution in [1.29, 1.82) is 0 Å². The van der Waals surface area contributed by atoms with Gasteiger partial charge in [-0.25, -0.2) is 0 Å². The van der Waals surface area contributed by atoms with Crippen LogP contribution in [-0.4, -0.2) is 31.7 Å². The van der Waals surface area contributed by atoms with E-state index in [0.717, 1.165) is 17.3 Å². The highest BCUT2D eigenvalue weighted by molar-refractivity contribution is 8.26. The number of thioether (sulfide) groups is 1. The predicted molar refractivity (Wildman–Crippen MR) is 88.7 cm³/mol. The van der Waals surface area contributed by atoms with E-state index in [1.54, 1.807) is 6.08 Å². The first kappa shape index (κ1) is 16.8. The summed E-state index contributed by atoms with van der Waals surface area (Å²) in [7, 11) is 1.89. The number of hydrogen-bond donors (Lipinski definition) is 0. The Morgan fingerprint density at radius 2 is 2.18 bits per heavy atom. The van der Waals surface area contributed by atoms with E-state index in [9.17, 15) is 14.7 Å². The quantitative estimate of drug-likeness (QED) is 0.600. The van der Waals surface area contributed by atoms with Crippen molar-refractivity contribution in [2.75, 3.05) is 0 Å². The largest absolute Gasteiger partial charge is 0.548 e. The maximum absolute atomic E-state index is 12.5. The molecule has 0 aliphatic carbocycles. The number of aromatic nitrogens is 1. The molecule has 22 heavy (non-hydrogen) atoms. The number of hydrogen-bond acceptors (Lipinski definition) is 5. The standard InChI is InChI=1S/C15H18N2O3S2/c1-9(2)6-11(14(19)20)17-13(18)12(22-15(17)21)7-10-4-5-16(3)8-10/h4-5,7-9,11H,6H2,1-3H3,(H,19,20)/p-1/b12-7+/t11-/m0/s1. The molecule has 1 aromatic rings. The number of carboxylic acid groups (broad SMARTS) is 1. The molecule has 0 N–H and O–H groups in total. The van der Waals surface area contributed by atoms with Crippen LogP contribution in [0.2, 0.25) is 0 Å². The fraction of sp³-hybridized carbons (Fsp3) is 0.400. The molecule has 1 atom stereocenters. The van der Waals surface area contributed by atoms with Gasteiger partial charge in [0.2, 0.25) is 0 Å². The second-order valence-electron chi connectivity index (χ2n) is 5.63. The van der Waals surface area contributed by atoms with Crippen LogP contribution >= 0.6 is 24.0 Å². The summed E-state index contributed by atoms with van der Waals surface area (Å²) < 4.78 is 2.14. The molecule has 118 valence electrons. The lowest BCUT2D eigenvalue weighted by molar-refractivity contribution is -0.310. The molecular weight excluding hydrogens is 320 g/mol. The van der Waals surface area contributed by atoms with E-state index in [1.165, 1.54) is 4.90 Å². The monoisotopic (exact) mass is 337 g/mol. The zero-order valence-electron chi connectivity index (χ0n) is 12.6. The van der Waals surface area contributed by atoms with Crippen LogP contribution in [0.1, 0.15) is 25.8 Å². The van der Waals surface area contributed by atoms with Crippen molar-refractivity contribution in [2.45, 2.75) is 26.3 Å². The van der Waals surface area contributed by atoms with Crippen molar-refractivity contribution in [3.05, 3.63) is 28.9 Å². The summed E-state index contributed by atoms with van der Waals surface area (Å²) in [5.41, 5.74) is 0.872. The minimum Gasteiger partial charge on any atom is -0.548 e. The van der Waals surface area contributed by atoms with Crippen molar-refractivity contribution in [2.24, 2.45) is 13.0 Å². The van der Waals surface area contributed by atoms with Crippen molar-refractivity contribution in [3.63, 3.8) is 0 Å². The third-order valence-electron chi connectivity index (χ3n) is 3.25. The number of carbonyl (C=O) groups excluding carboxylic acids is 2. The number of aryl methyl sites for hydroxylation is 1. The van der Waals surface area contributed by atoms with Crippen LogP contribution in [0.3, 0.4) is 0 Å². The lowest BCUT2D eigenvalue weighted by atomic mass is 10.0. The second kappa shape index (κ2) is 6.66. The van der Waals surface area contributed by atoms with E-state index in [-0.39, 0.29) is 16.1 Å². The molecule has 0 radical (unpaired) electrons. The number of amides is 1. The van der Waals surface area contributed by atoms with E-state index in [4.69, 9.17) is 12.2 Å². The summed E-state index contributed by atoms with van der Waals surface area (Å²) in [4.78, 5) is 25.5. The number of carbonyl (C=O) groups is 2. The lowest BCUT2D eigenvalue weighted by Crippen LogP contribution is -2.50. The number of rotatable bonds is 5. The Morgan fingerprint density at radius 1 is 1.50 bits per heavy atom. The molecule has 1 aliphatic heterocycles. The average molecular weight is 337 g/mol. The summed E-state index contributed by atoms with van der Waals surface area (Å²) in [6.45, 7) is 3.79. The van der Waals surface area contributed by atoms with E-state index in [2.05, 4.69) is 0 Å². The summed E-state index contributed by atoms with van der Waals surface area (Å²) in [6.07, 6.45) is 5.78. The van der Waals surface area contributed by atoms with Gasteiger partial charge in [-0.05, 0) is 30.0 Å². The first-order chi connectivity index (χ1) is 10.3. The van der Waals surface area contributed by atoms with Gasteiger partial charge < -0.3 is 14.5 Å². The smallest absolute Gasteiger partial charge is 0.266 e. The van der Waals surface area contributed by atoms with Crippen LogP contribution in [0, 0.1) is 5.92 Å². The molecule has 7 heteroatoms. The van der Waals surface area contributed by atoms with Crippen molar-refractivity contribution in [1.82, 2.24) is 9.47 Å². The Hall–Kier alpha value is -1.60. The van der Waals surface area contributed by atoms with Crippen molar-refractivity contribution >= 4 is 46.3 Å². The first-order valence-corrected chi connectivity index (χ1v) is 8.12. The van der Waals surface area contributed by atoms with Gasteiger partial charge in [0.05, 0.1) is 16.9 Å². The molecule has 5 nitrogen and oxygen atoms in total. The van der Waals surface area contributed by atoms with Gasteiger partial charge in [-0.2, -0.15) is 0 Å². The molecule has 0 spiro atoms. The maximum Gasteiger partial charge on any atom is 0.266 e. The van der Waals surface area contributed by atoms with Crippen LogP contribution in [0.15, 0.2) is 23.4 Å². The van der Waals surface area contributed by atoms with Crippen LogP contribution in [0.4, 0.5) is 0 Å². The highest BCUT2D eigenvalue weighted by atomic mass is 32.2. The topological polar surface area (TPSA) is 65.4 Å². The third kappa shape index (κ3) is 3.59. The fourth-order valence-corrected chi connectivity index (χ4v) is 3.62. The van der Waals surface area contributed by atoms with Crippen LogP contribution in [0.25, 0.3) is 6.08 Å². The summed E-state index contributed by atoms with van der Waals surface area (Å²) >= 11 is 6.32. The number of thiocarbonyl (C=S) groups is 1. The molecule has 2 heterocycles. The molecule has 0 aromatic carbocycles. The van der Waals surface area contributed by atoms with Crippen LogP contribution in [0.5, 0.6) is 0 Å². The average Bonchev–Trinajstić information content (AvgIpc) is 2.92. The van der Waals surface area contributed by atoms with Gasteiger partial charge in [0.1, 0.15) is 4.32 Å². The van der Waals surface area contributed by atoms with E-state index in [0.29, 0.717) is 11.3 Å². The molecule has 2 rings (SSSR count). The summed E-state index contributed by atoms with van der Waals surface area (Å²) in [5, 5.41) is 11.4. The van der Waals surface area contributed by atoms with Crippen LogP contribution < -0.4 is 5.11 Å². The summed E-state index contributed by atoms with van der Waals surface area (Å²) in [5.74, 6) is -1.52. The SMILES string of the molecule is CC(C)C[C@@H](C(=O)[O-])N1C(=O)/C(=C\c2ccn(C)c2)SC1=S. The van der Waals surface area contributed by atoms with Crippen LogP contribution in [-0.2, 0) is 16.6 Å². The van der Waals surface area contributed by atoms with Gasteiger partial charge in [-0.15, -0.1) is 0 Å². The summed E-state index contributed by atoms with van der Waals surface area (Å²) in [6, 6.07) is 0.853. The Bertz CT molecular complexity index is 649.